The number of benzene rings is 10. The molecule has 0 amide bonds. The SMILES string of the molecule is [2H]/C(=C(/[2H])c1ccc2c(-c3ccc4c(c3)C(C)(C)c3ccccc3-4)c3ccccc3c(-c3ccc4c(c3)C(C)(C)c3ccccc3-4)c2c1)c1ccc(N(c2ccccc2)c2ccccc2)cc1. The van der Waals surface area contributed by atoms with E-state index in [-0.39, 0.29) is 22.9 Å². The molecule has 0 heterocycles. The summed E-state index contributed by atoms with van der Waals surface area (Å²) < 4.78 is 19.2. The third kappa shape index (κ3) is 6.21. The van der Waals surface area contributed by atoms with E-state index in [0.717, 1.165) is 44.3 Å². The Morgan fingerprint density at radius 3 is 1.28 bits per heavy atom. The second kappa shape index (κ2) is 14.9. The number of rotatable bonds is 7. The van der Waals surface area contributed by atoms with Gasteiger partial charge in [-0.15, -0.1) is 0 Å². The van der Waals surface area contributed by atoms with Crippen LogP contribution in [0, 0.1) is 0 Å². The van der Waals surface area contributed by atoms with Crippen LogP contribution in [0.2, 0.25) is 0 Å². The summed E-state index contributed by atoms with van der Waals surface area (Å²) in [4.78, 5) is 2.21. The highest BCUT2D eigenvalue weighted by Gasteiger charge is 2.37. The molecule has 0 N–H and O–H groups in total. The van der Waals surface area contributed by atoms with Gasteiger partial charge in [-0.1, -0.05) is 198 Å². The molecule has 0 unspecified atom stereocenters. The second-order valence-electron chi connectivity index (χ2n) is 18.7. The van der Waals surface area contributed by atoms with Crippen LogP contribution in [-0.4, -0.2) is 0 Å². The molecule has 10 aromatic carbocycles. The highest BCUT2D eigenvalue weighted by atomic mass is 15.1. The quantitative estimate of drug-likeness (QED) is 0.114. The van der Waals surface area contributed by atoms with E-state index in [4.69, 9.17) is 0 Å². The zero-order valence-corrected chi connectivity index (χ0v) is 37.2. The minimum absolute atomic E-state index is 0.148. The van der Waals surface area contributed by atoms with Crippen LogP contribution < -0.4 is 4.90 Å². The van der Waals surface area contributed by atoms with E-state index in [1.54, 1.807) is 0 Å². The number of para-hydroxylation sites is 2. The molecule has 0 saturated carbocycles. The fourth-order valence-corrected chi connectivity index (χ4v) is 11.0. The Morgan fingerprint density at radius 2 is 0.738 bits per heavy atom. The largest absolute Gasteiger partial charge is 0.311 e. The number of hydrogen-bond donors (Lipinski definition) is 0. The molecule has 0 radical (unpaired) electrons. The first kappa shape index (κ1) is 36.7. The van der Waals surface area contributed by atoms with Crippen molar-refractivity contribution < 1.29 is 2.74 Å². The number of nitrogens with zero attached hydrogens (tertiary/aromatic N) is 1. The maximum absolute atomic E-state index is 9.69. The zero-order valence-electron chi connectivity index (χ0n) is 39.2. The summed E-state index contributed by atoms with van der Waals surface area (Å²) in [7, 11) is 0. The molecule has 1 heteroatoms. The van der Waals surface area contributed by atoms with Crippen LogP contribution in [-0.2, 0) is 10.8 Å². The van der Waals surface area contributed by atoms with Gasteiger partial charge in [0.05, 0.1) is 2.74 Å². The van der Waals surface area contributed by atoms with Gasteiger partial charge in [0.2, 0.25) is 0 Å². The van der Waals surface area contributed by atoms with Crippen LogP contribution in [0.1, 0.15) is 63.8 Å². The minimum atomic E-state index is -0.167. The summed E-state index contributed by atoms with van der Waals surface area (Å²) in [5.74, 6) is 0. The topological polar surface area (TPSA) is 3.24 Å². The van der Waals surface area contributed by atoms with E-state index >= 15 is 0 Å². The lowest BCUT2D eigenvalue weighted by molar-refractivity contribution is 0.660. The molecular formula is C64H49N. The van der Waals surface area contributed by atoms with Gasteiger partial charge in [0.25, 0.3) is 0 Å². The van der Waals surface area contributed by atoms with Crippen LogP contribution in [0.5, 0.6) is 0 Å². The van der Waals surface area contributed by atoms with Crippen LogP contribution in [0.3, 0.4) is 0 Å². The lowest BCUT2D eigenvalue weighted by Crippen LogP contribution is -2.15. The summed E-state index contributed by atoms with van der Waals surface area (Å²) in [6, 6.07) is 76.1. The first-order valence-corrected chi connectivity index (χ1v) is 22.8. The molecule has 10 aromatic rings. The average molecular weight is 834 g/mol. The molecule has 65 heavy (non-hydrogen) atoms. The highest BCUT2D eigenvalue weighted by molar-refractivity contribution is 6.22. The zero-order chi connectivity index (χ0) is 45.6. The monoisotopic (exact) mass is 833 g/mol. The molecule has 0 bridgehead atoms. The van der Waals surface area contributed by atoms with Crippen molar-refractivity contribution in [3.63, 3.8) is 0 Å². The molecule has 0 aliphatic heterocycles. The Labute approximate surface area is 385 Å². The van der Waals surface area contributed by atoms with Crippen molar-refractivity contribution in [2.75, 3.05) is 4.90 Å². The Kier molecular flexibility index (Phi) is 8.43. The van der Waals surface area contributed by atoms with Crippen LogP contribution in [0.15, 0.2) is 212 Å². The normalized spacial score (nSPS) is 14.8. The van der Waals surface area contributed by atoms with Gasteiger partial charge in [-0.25, -0.2) is 0 Å². The summed E-state index contributed by atoms with van der Waals surface area (Å²) in [5.41, 5.74) is 19.4. The van der Waals surface area contributed by atoms with Gasteiger partial charge < -0.3 is 4.90 Å². The van der Waals surface area contributed by atoms with Crippen LogP contribution >= 0.6 is 0 Å². The summed E-state index contributed by atoms with van der Waals surface area (Å²) in [5, 5.41) is 4.55. The molecule has 0 spiro atoms. The third-order valence-electron chi connectivity index (χ3n) is 14.3. The lowest BCUT2D eigenvalue weighted by atomic mass is 9.79. The third-order valence-corrected chi connectivity index (χ3v) is 14.3. The summed E-state index contributed by atoms with van der Waals surface area (Å²) in [6.45, 7) is 9.37. The van der Waals surface area contributed by atoms with Crippen molar-refractivity contribution >= 4 is 50.7 Å². The fraction of sp³-hybridized carbons (Fsp3) is 0.0938. The van der Waals surface area contributed by atoms with Crippen LogP contribution in [0.4, 0.5) is 17.1 Å². The maximum atomic E-state index is 9.69. The number of anilines is 3. The van der Waals surface area contributed by atoms with E-state index in [9.17, 15) is 2.74 Å². The Hall–Kier alpha value is -7.74. The van der Waals surface area contributed by atoms with E-state index in [1.807, 2.05) is 48.5 Å². The van der Waals surface area contributed by atoms with Gasteiger partial charge in [0.1, 0.15) is 0 Å². The van der Waals surface area contributed by atoms with E-state index in [1.165, 1.54) is 61.0 Å². The lowest BCUT2D eigenvalue weighted by Gasteiger charge is -2.25. The van der Waals surface area contributed by atoms with Crippen LogP contribution in [0.25, 0.3) is 78.2 Å². The predicted octanol–water partition coefficient (Wildman–Crippen LogP) is 17.6. The number of hydrogen-bond acceptors (Lipinski definition) is 1. The van der Waals surface area contributed by atoms with Gasteiger partial charge in [-0.2, -0.15) is 0 Å². The first-order chi connectivity index (χ1) is 32.6. The van der Waals surface area contributed by atoms with Crippen molar-refractivity contribution in [3.05, 3.63) is 246 Å². The fourth-order valence-electron chi connectivity index (χ4n) is 11.0. The molecule has 0 aromatic heterocycles. The van der Waals surface area contributed by atoms with Gasteiger partial charge in [0, 0.05) is 27.9 Å². The van der Waals surface area contributed by atoms with Gasteiger partial charge in [0.15, 0.2) is 0 Å². The molecular weight excluding hydrogens is 783 g/mol. The van der Waals surface area contributed by atoms with E-state index < -0.39 is 0 Å². The Balaban J connectivity index is 1.05. The minimum Gasteiger partial charge on any atom is -0.311 e. The van der Waals surface area contributed by atoms with E-state index in [2.05, 4.69) is 196 Å². The van der Waals surface area contributed by atoms with Crippen molar-refractivity contribution in [2.45, 2.75) is 38.5 Å². The molecule has 12 rings (SSSR count). The predicted molar refractivity (Wildman–Crippen MR) is 278 cm³/mol. The molecule has 0 fully saturated rings. The smallest absolute Gasteiger partial charge is 0.0629 e. The van der Waals surface area contributed by atoms with Crippen molar-refractivity contribution in [1.29, 1.82) is 0 Å². The molecule has 2 aliphatic rings. The molecule has 0 atom stereocenters. The number of fused-ring (bicyclic) bond motifs is 8. The van der Waals surface area contributed by atoms with Crippen molar-refractivity contribution in [2.24, 2.45) is 0 Å². The average Bonchev–Trinajstić information content (AvgIpc) is 3.74. The van der Waals surface area contributed by atoms with Gasteiger partial charge in [-0.3, -0.25) is 0 Å². The standard InChI is InChI=1S/C64H49N/c1-63(2)57-25-15-13-21-49(57)51-37-32-44(40-59(51)63)61-53-23-11-12-24-54(53)62(45-33-38-52-50-22-14-16-26-58(50)64(3,4)60(52)41-45)56-39-43(31-36-55(56)61)28-27-42-29-34-48(35-30-42)65(46-17-7-5-8-18-46)47-19-9-6-10-20-47/h5-41H,1-4H3/b28-27+/i27D,28D. The van der Waals surface area contributed by atoms with Crippen molar-refractivity contribution in [1.82, 2.24) is 0 Å². The van der Waals surface area contributed by atoms with Gasteiger partial charge >= 0.3 is 0 Å². The van der Waals surface area contributed by atoms with Crippen molar-refractivity contribution in [3.8, 4) is 44.5 Å². The maximum Gasteiger partial charge on any atom is 0.0629 e. The summed E-state index contributed by atoms with van der Waals surface area (Å²) in [6.07, 6.45) is 0. The first-order valence-electron chi connectivity index (χ1n) is 23.8. The Morgan fingerprint density at radius 1 is 0.338 bits per heavy atom. The van der Waals surface area contributed by atoms with E-state index in [0.29, 0.717) is 11.1 Å². The highest BCUT2D eigenvalue weighted by Crippen LogP contribution is 2.53. The molecule has 2 aliphatic carbocycles. The Bertz CT molecular complexity index is 3600. The molecule has 0 saturated heterocycles. The summed E-state index contributed by atoms with van der Waals surface area (Å²) >= 11 is 0. The molecule has 310 valence electrons. The van der Waals surface area contributed by atoms with Gasteiger partial charge in [-0.05, 0) is 154 Å². The molecule has 1 nitrogen and oxygen atoms in total. The second-order valence-corrected chi connectivity index (χ2v) is 18.7.